The van der Waals surface area contributed by atoms with Gasteiger partial charge in [0.1, 0.15) is 10.7 Å². The summed E-state index contributed by atoms with van der Waals surface area (Å²) in [5.41, 5.74) is 0. The van der Waals surface area contributed by atoms with Crippen LogP contribution >= 0.6 is 0 Å². The summed E-state index contributed by atoms with van der Waals surface area (Å²) in [6, 6.07) is 5.19. The maximum absolute atomic E-state index is 13.8. The number of sulfonamides is 1. The number of amides is 1. The van der Waals surface area contributed by atoms with E-state index in [0.29, 0.717) is 12.8 Å². The number of hydrogen-bond donors (Lipinski definition) is 1. The molecule has 1 N–H and O–H groups in total. The van der Waals surface area contributed by atoms with E-state index in [2.05, 4.69) is 5.32 Å². The summed E-state index contributed by atoms with van der Waals surface area (Å²) < 4.78 is 62.8. The number of nitrogens with zero attached hydrogens (tertiary/aromatic N) is 1. The summed E-state index contributed by atoms with van der Waals surface area (Å²) in [4.78, 5) is 11.8. The van der Waals surface area contributed by atoms with E-state index < -0.39 is 25.7 Å². The van der Waals surface area contributed by atoms with Gasteiger partial charge in [-0.2, -0.15) is 4.31 Å². The molecule has 1 saturated heterocycles. The second-order valence-corrected chi connectivity index (χ2v) is 10.5. The standard InChI is InChI=1S/C16H23FN2O5S2/c1-2-25(21,22)12-9-18-16(20)13-7-10-19(11-8-13)26(23,24)15-6-4-3-5-14(15)17/h3-6,13H,2,7-12H2,1H3,(H,18,20). The number of rotatable bonds is 7. The van der Waals surface area contributed by atoms with Crippen molar-refractivity contribution in [2.45, 2.75) is 24.7 Å². The van der Waals surface area contributed by atoms with Gasteiger partial charge < -0.3 is 5.32 Å². The Morgan fingerprint density at radius 3 is 2.38 bits per heavy atom. The fraction of sp³-hybridized carbons (Fsp3) is 0.562. The Labute approximate surface area is 153 Å². The first-order valence-electron chi connectivity index (χ1n) is 8.40. The molecule has 0 atom stereocenters. The third kappa shape index (κ3) is 5.01. The Hall–Kier alpha value is -1.52. The van der Waals surface area contributed by atoms with Crippen molar-refractivity contribution in [2.75, 3.05) is 31.1 Å². The van der Waals surface area contributed by atoms with Crippen LogP contribution in [0.15, 0.2) is 29.2 Å². The van der Waals surface area contributed by atoms with Crippen LogP contribution in [0.4, 0.5) is 4.39 Å². The summed E-state index contributed by atoms with van der Waals surface area (Å²) in [6.45, 7) is 1.82. The zero-order chi connectivity index (χ0) is 19.4. The highest BCUT2D eigenvalue weighted by atomic mass is 32.2. The number of sulfone groups is 1. The second kappa shape index (κ2) is 8.45. The highest BCUT2D eigenvalue weighted by molar-refractivity contribution is 7.91. The van der Waals surface area contributed by atoms with Crippen molar-refractivity contribution in [2.24, 2.45) is 5.92 Å². The number of nitrogens with one attached hydrogen (secondary N) is 1. The van der Waals surface area contributed by atoms with Crippen molar-refractivity contribution in [3.8, 4) is 0 Å². The molecular weight excluding hydrogens is 383 g/mol. The SMILES string of the molecule is CCS(=O)(=O)CCNC(=O)C1CCN(S(=O)(=O)c2ccccc2F)CC1. The average molecular weight is 407 g/mol. The molecule has 0 spiro atoms. The summed E-state index contributed by atoms with van der Waals surface area (Å²) in [5.74, 6) is -1.56. The van der Waals surface area contributed by atoms with Gasteiger partial charge in [0, 0.05) is 31.3 Å². The summed E-state index contributed by atoms with van der Waals surface area (Å²) >= 11 is 0. The molecule has 26 heavy (non-hydrogen) atoms. The number of carbonyl (C=O) groups is 1. The first-order chi connectivity index (χ1) is 12.2. The van der Waals surface area contributed by atoms with Gasteiger partial charge in [0.05, 0.1) is 5.75 Å². The molecule has 1 aliphatic heterocycles. The number of hydrogen-bond acceptors (Lipinski definition) is 5. The Balaban J connectivity index is 1.91. The van der Waals surface area contributed by atoms with Crippen LogP contribution in [0.2, 0.25) is 0 Å². The van der Waals surface area contributed by atoms with Crippen LogP contribution in [0.5, 0.6) is 0 Å². The molecule has 0 aromatic heterocycles. The van der Waals surface area contributed by atoms with E-state index >= 15 is 0 Å². The number of benzene rings is 1. The molecule has 0 radical (unpaired) electrons. The van der Waals surface area contributed by atoms with Gasteiger partial charge in [0.2, 0.25) is 15.9 Å². The van der Waals surface area contributed by atoms with Crippen LogP contribution in [-0.2, 0) is 24.7 Å². The van der Waals surface area contributed by atoms with Crippen LogP contribution < -0.4 is 5.32 Å². The minimum absolute atomic E-state index is 0.0230. The summed E-state index contributed by atoms with van der Waals surface area (Å²) in [7, 11) is -7.08. The summed E-state index contributed by atoms with van der Waals surface area (Å²) in [5, 5.41) is 2.59. The molecule has 1 fully saturated rings. The molecule has 2 rings (SSSR count). The maximum Gasteiger partial charge on any atom is 0.245 e. The zero-order valence-electron chi connectivity index (χ0n) is 14.5. The Morgan fingerprint density at radius 1 is 1.19 bits per heavy atom. The average Bonchev–Trinajstić information content (AvgIpc) is 2.62. The van der Waals surface area contributed by atoms with Crippen molar-refractivity contribution in [3.63, 3.8) is 0 Å². The Bertz CT molecular complexity index is 847. The Morgan fingerprint density at radius 2 is 1.81 bits per heavy atom. The Kier molecular flexibility index (Phi) is 6.75. The highest BCUT2D eigenvalue weighted by Crippen LogP contribution is 2.25. The van der Waals surface area contributed by atoms with E-state index in [9.17, 15) is 26.0 Å². The van der Waals surface area contributed by atoms with Crippen molar-refractivity contribution < 1.29 is 26.0 Å². The predicted molar refractivity (Wildman–Crippen MR) is 95.2 cm³/mol. The fourth-order valence-corrected chi connectivity index (χ4v) is 5.01. The largest absolute Gasteiger partial charge is 0.355 e. The van der Waals surface area contributed by atoms with Crippen molar-refractivity contribution in [1.82, 2.24) is 9.62 Å². The van der Waals surface area contributed by atoms with E-state index in [4.69, 9.17) is 0 Å². The van der Waals surface area contributed by atoms with Gasteiger partial charge in [-0.15, -0.1) is 0 Å². The molecule has 1 aromatic carbocycles. The molecule has 7 nitrogen and oxygen atoms in total. The molecule has 0 saturated carbocycles. The third-order valence-corrected chi connectivity index (χ3v) is 8.07. The van der Waals surface area contributed by atoms with Crippen molar-refractivity contribution >= 4 is 25.8 Å². The normalized spacial score (nSPS) is 17.2. The van der Waals surface area contributed by atoms with Crippen LogP contribution in [0, 0.1) is 11.7 Å². The molecule has 0 unspecified atom stereocenters. The molecule has 0 bridgehead atoms. The lowest BCUT2D eigenvalue weighted by atomic mass is 9.97. The van der Waals surface area contributed by atoms with Gasteiger partial charge in [-0.25, -0.2) is 21.2 Å². The minimum Gasteiger partial charge on any atom is -0.355 e. The molecule has 0 aliphatic carbocycles. The molecule has 1 heterocycles. The first kappa shape index (κ1) is 20.8. The van der Waals surface area contributed by atoms with Gasteiger partial charge >= 0.3 is 0 Å². The molecule has 1 aromatic rings. The van der Waals surface area contributed by atoms with Gasteiger partial charge in [0.15, 0.2) is 9.84 Å². The minimum atomic E-state index is -3.93. The first-order valence-corrected chi connectivity index (χ1v) is 11.7. The lowest BCUT2D eigenvalue weighted by Gasteiger charge is -2.30. The maximum atomic E-state index is 13.8. The van der Waals surface area contributed by atoms with Gasteiger partial charge in [-0.05, 0) is 25.0 Å². The van der Waals surface area contributed by atoms with Crippen LogP contribution in [0.3, 0.4) is 0 Å². The predicted octanol–water partition coefficient (Wildman–Crippen LogP) is 0.777. The van der Waals surface area contributed by atoms with Gasteiger partial charge in [0.25, 0.3) is 0 Å². The van der Waals surface area contributed by atoms with E-state index in [1.807, 2.05) is 0 Å². The topological polar surface area (TPSA) is 101 Å². The third-order valence-electron chi connectivity index (χ3n) is 4.43. The van der Waals surface area contributed by atoms with Gasteiger partial charge in [-0.1, -0.05) is 19.1 Å². The van der Waals surface area contributed by atoms with Crippen molar-refractivity contribution in [3.05, 3.63) is 30.1 Å². The lowest BCUT2D eigenvalue weighted by molar-refractivity contribution is -0.125. The van der Waals surface area contributed by atoms with Crippen LogP contribution in [0.1, 0.15) is 19.8 Å². The van der Waals surface area contributed by atoms with Crippen LogP contribution in [0.25, 0.3) is 0 Å². The quantitative estimate of drug-likeness (QED) is 0.721. The molecule has 146 valence electrons. The summed E-state index contributed by atoms with van der Waals surface area (Å²) in [6.07, 6.45) is 0.611. The number of halogens is 1. The van der Waals surface area contributed by atoms with E-state index in [1.54, 1.807) is 6.92 Å². The zero-order valence-corrected chi connectivity index (χ0v) is 16.2. The smallest absolute Gasteiger partial charge is 0.245 e. The number of carbonyl (C=O) groups excluding carboxylic acids is 1. The number of piperidine rings is 1. The molecule has 1 amide bonds. The second-order valence-electron chi connectivity index (χ2n) is 6.14. The van der Waals surface area contributed by atoms with E-state index in [0.717, 1.165) is 6.07 Å². The lowest BCUT2D eigenvalue weighted by Crippen LogP contribution is -2.43. The van der Waals surface area contributed by atoms with Crippen LogP contribution in [-0.4, -0.2) is 58.2 Å². The molecule has 1 aliphatic rings. The van der Waals surface area contributed by atoms with E-state index in [1.165, 1.54) is 22.5 Å². The molecular formula is C16H23FN2O5S2. The molecule has 10 heteroatoms. The van der Waals surface area contributed by atoms with E-state index in [-0.39, 0.29) is 47.9 Å². The highest BCUT2D eigenvalue weighted by Gasteiger charge is 2.33. The monoisotopic (exact) mass is 406 g/mol. The van der Waals surface area contributed by atoms with Crippen molar-refractivity contribution in [1.29, 1.82) is 0 Å². The fourth-order valence-electron chi connectivity index (χ4n) is 2.77. The van der Waals surface area contributed by atoms with Gasteiger partial charge in [-0.3, -0.25) is 4.79 Å².